The van der Waals surface area contributed by atoms with Crippen LogP contribution in [0.2, 0.25) is 0 Å². The molecule has 0 aromatic heterocycles. The van der Waals surface area contributed by atoms with E-state index in [0.29, 0.717) is 38.9 Å². The van der Waals surface area contributed by atoms with Gasteiger partial charge in [-0.05, 0) is 42.9 Å². The Kier molecular flexibility index (Phi) is 5.00. The normalized spacial score (nSPS) is 21.6. The summed E-state index contributed by atoms with van der Waals surface area (Å²) in [6.07, 6.45) is -2.91. The van der Waals surface area contributed by atoms with Gasteiger partial charge in [-0.1, -0.05) is 0 Å². The molecule has 28 heavy (non-hydrogen) atoms. The molecule has 0 aliphatic carbocycles. The van der Waals surface area contributed by atoms with Gasteiger partial charge in [0, 0.05) is 32.2 Å². The number of anilines is 1. The second-order valence-electron chi connectivity index (χ2n) is 7.60. The summed E-state index contributed by atoms with van der Waals surface area (Å²) in [5.41, 5.74) is 4.01. The smallest absolute Gasteiger partial charge is 0.368 e. The lowest BCUT2D eigenvalue weighted by atomic mass is 9.76. The number of halogens is 3. The van der Waals surface area contributed by atoms with E-state index in [1.165, 1.54) is 13.0 Å². The van der Waals surface area contributed by atoms with Crippen molar-refractivity contribution in [3.63, 3.8) is 0 Å². The molecule has 1 atom stereocenters. The largest absolute Gasteiger partial charge is 0.417 e. The van der Waals surface area contributed by atoms with E-state index in [9.17, 15) is 22.8 Å². The predicted octanol–water partition coefficient (Wildman–Crippen LogP) is 2.27. The van der Waals surface area contributed by atoms with Crippen molar-refractivity contribution >= 4 is 17.5 Å². The maximum Gasteiger partial charge on any atom is 0.417 e. The van der Waals surface area contributed by atoms with Crippen molar-refractivity contribution in [2.24, 2.45) is 11.1 Å². The van der Waals surface area contributed by atoms with Gasteiger partial charge in [0.15, 0.2) is 0 Å². The Labute approximate surface area is 160 Å². The highest BCUT2D eigenvalue weighted by Crippen LogP contribution is 2.46. The number of primary amides is 1. The van der Waals surface area contributed by atoms with Gasteiger partial charge in [0.25, 0.3) is 0 Å². The molecule has 2 aliphatic heterocycles. The number of benzene rings is 1. The molecule has 150 valence electrons. The van der Waals surface area contributed by atoms with Crippen LogP contribution < -0.4 is 10.6 Å². The number of likely N-dealkylation sites (tertiary alicyclic amines) is 1. The molecule has 1 spiro atoms. The van der Waals surface area contributed by atoms with Gasteiger partial charge < -0.3 is 15.5 Å². The minimum atomic E-state index is -4.67. The van der Waals surface area contributed by atoms with E-state index in [1.807, 2.05) is 0 Å². The minimum absolute atomic E-state index is 0.0157. The van der Waals surface area contributed by atoms with E-state index >= 15 is 0 Å². The predicted molar refractivity (Wildman–Crippen MR) is 95.0 cm³/mol. The Morgan fingerprint density at radius 3 is 2.43 bits per heavy atom. The molecule has 1 unspecified atom stereocenters. The van der Waals surface area contributed by atoms with Crippen LogP contribution in [-0.4, -0.2) is 42.4 Å². The Morgan fingerprint density at radius 1 is 1.29 bits per heavy atom. The van der Waals surface area contributed by atoms with Gasteiger partial charge in [-0.25, -0.2) is 0 Å². The van der Waals surface area contributed by atoms with Gasteiger partial charge in [-0.2, -0.15) is 18.4 Å². The van der Waals surface area contributed by atoms with Crippen LogP contribution in [0.3, 0.4) is 0 Å². The molecule has 0 saturated carbocycles. The Bertz CT molecular complexity index is 839. The summed E-state index contributed by atoms with van der Waals surface area (Å²) in [7, 11) is 0. The summed E-state index contributed by atoms with van der Waals surface area (Å²) >= 11 is 0. The second kappa shape index (κ2) is 7.00. The number of carbonyl (C=O) groups is 2. The van der Waals surface area contributed by atoms with Crippen LogP contribution in [0.4, 0.5) is 18.9 Å². The fraction of sp³-hybridized carbons (Fsp3) is 0.526. The highest BCUT2D eigenvalue weighted by Gasteiger charge is 2.48. The van der Waals surface area contributed by atoms with E-state index in [0.717, 1.165) is 12.1 Å². The first-order chi connectivity index (χ1) is 13.1. The van der Waals surface area contributed by atoms with Crippen LogP contribution in [-0.2, 0) is 15.8 Å². The number of nitrogens with two attached hydrogens (primary N) is 1. The van der Waals surface area contributed by atoms with E-state index in [1.54, 1.807) is 15.9 Å². The number of amides is 2. The number of piperidine rings is 1. The summed E-state index contributed by atoms with van der Waals surface area (Å²) in [6, 6.07) is 4.30. The molecule has 2 aliphatic rings. The third-order valence-corrected chi connectivity index (χ3v) is 5.87. The summed E-state index contributed by atoms with van der Waals surface area (Å²) in [5.74, 6) is -0.609. The van der Waals surface area contributed by atoms with Gasteiger partial charge in [0.1, 0.15) is 6.04 Å². The second-order valence-corrected chi connectivity index (χ2v) is 7.60. The molecule has 2 saturated heterocycles. The molecule has 2 fully saturated rings. The topological polar surface area (TPSA) is 90.4 Å². The van der Waals surface area contributed by atoms with Crippen LogP contribution >= 0.6 is 0 Å². The van der Waals surface area contributed by atoms with Crippen molar-refractivity contribution < 1.29 is 22.8 Å². The van der Waals surface area contributed by atoms with Crippen molar-refractivity contribution in [2.75, 3.05) is 24.5 Å². The Balaban J connectivity index is 1.92. The van der Waals surface area contributed by atoms with Crippen molar-refractivity contribution in [3.05, 3.63) is 29.3 Å². The number of hydrogen-bond acceptors (Lipinski definition) is 4. The van der Waals surface area contributed by atoms with Gasteiger partial charge in [-0.15, -0.1) is 0 Å². The van der Waals surface area contributed by atoms with Crippen LogP contribution in [0.1, 0.15) is 37.3 Å². The Morgan fingerprint density at radius 2 is 1.93 bits per heavy atom. The molecule has 0 bridgehead atoms. The lowest BCUT2D eigenvalue weighted by Crippen LogP contribution is -2.43. The average Bonchev–Trinajstić information content (AvgIpc) is 3.00. The maximum atomic E-state index is 13.3. The number of nitrogens with zero attached hydrogens (tertiary/aromatic N) is 3. The number of alkyl halides is 3. The fourth-order valence-corrected chi connectivity index (χ4v) is 4.28. The first-order valence-electron chi connectivity index (χ1n) is 8.99. The summed E-state index contributed by atoms with van der Waals surface area (Å²) in [5, 5.41) is 8.98. The molecule has 9 heteroatoms. The molecule has 6 nitrogen and oxygen atoms in total. The quantitative estimate of drug-likeness (QED) is 0.833. The SMILES string of the molecule is CC(=O)N1CCC2(CC1)CC(C(N)=O)N(c1ccc(C#N)c(C(F)(F)F)c1)C2. The van der Waals surface area contributed by atoms with Crippen molar-refractivity contribution in [1.82, 2.24) is 4.90 Å². The fourth-order valence-electron chi connectivity index (χ4n) is 4.28. The van der Waals surface area contributed by atoms with Crippen molar-refractivity contribution in [1.29, 1.82) is 5.26 Å². The molecule has 2 N–H and O–H groups in total. The zero-order valence-corrected chi connectivity index (χ0v) is 15.4. The Hall–Kier alpha value is -2.76. The van der Waals surface area contributed by atoms with E-state index < -0.39 is 29.3 Å². The highest BCUT2D eigenvalue weighted by atomic mass is 19.4. The standard InChI is InChI=1S/C19H21F3N4O2/c1-12(27)25-6-4-18(5-7-25)9-16(17(24)28)26(11-18)14-3-2-13(10-23)15(8-14)19(20,21)22/h2-3,8,16H,4-7,9,11H2,1H3,(H2,24,28). The third kappa shape index (κ3) is 3.63. The summed E-state index contributed by atoms with van der Waals surface area (Å²) < 4.78 is 40.0. The summed E-state index contributed by atoms with van der Waals surface area (Å²) in [6.45, 7) is 2.99. The van der Waals surface area contributed by atoms with Gasteiger partial charge in [0.2, 0.25) is 11.8 Å². The molecule has 2 heterocycles. The number of rotatable bonds is 2. The third-order valence-electron chi connectivity index (χ3n) is 5.87. The van der Waals surface area contributed by atoms with Crippen LogP contribution in [0.25, 0.3) is 0 Å². The average molecular weight is 394 g/mol. The highest BCUT2D eigenvalue weighted by molar-refractivity contribution is 5.85. The lowest BCUT2D eigenvalue weighted by Gasteiger charge is -2.39. The minimum Gasteiger partial charge on any atom is -0.368 e. The van der Waals surface area contributed by atoms with Crippen molar-refractivity contribution in [2.45, 2.75) is 38.4 Å². The number of hydrogen-bond donors (Lipinski definition) is 1. The molecular formula is C19H21F3N4O2. The van der Waals surface area contributed by atoms with Crippen LogP contribution in [0.15, 0.2) is 18.2 Å². The maximum absolute atomic E-state index is 13.3. The van der Waals surface area contributed by atoms with Gasteiger partial charge >= 0.3 is 6.18 Å². The van der Waals surface area contributed by atoms with Crippen molar-refractivity contribution in [3.8, 4) is 6.07 Å². The zero-order chi connectivity index (χ0) is 20.7. The molecule has 0 radical (unpaired) electrons. The first kappa shape index (κ1) is 20.0. The summed E-state index contributed by atoms with van der Waals surface area (Å²) in [4.78, 5) is 26.9. The lowest BCUT2D eigenvalue weighted by molar-refractivity contribution is -0.137. The molecule has 3 rings (SSSR count). The van der Waals surface area contributed by atoms with Gasteiger partial charge in [-0.3, -0.25) is 9.59 Å². The molecule has 2 amide bonds. The number of nitriles is 1. The van der Waals surface area contributed by atoms with E-state index in [4.69, 9.17) is 11.0 Å². The first-order valence-corrected chi connectivity index (χ1v) is 8.99. The van der Waals surface area contributed by atoms with Crippen LogP contribution in [0.5, 0.6) is 0 Å². The molecule has 1 aromatic carbocycles. The number of carbonyl (C=O) groups excluding carboxylic acids is 2. The van der Waals surface area contributed by atoms with E-state index in [-0.39, 0.29) is 17.0 Å². The van der Waals surface area contributed by atoms with Crippen LogP contribution in [0, 0.1) is 16.7 Å². The molecule has 1 aromatic rings. The monoisotopic (exact) mass is 394 g/mol. The zero-order valence-electron chi connectivity index (χ0n) is 15.4. The molecular weight excluding hydrogens is 373 g/mol. The van der Waals surface area contributed by atoms with E-state index in [2.05, 4.69) is 0 Å². The van der Waals surface area contributed by atoms with Gasteiger partial charge in [0.05, 0.1) is 17.2 Å².